The maximum absolute atomic E-state index is 15.0. The fourth-order valence-electron chi connectivity index (χ4n) is 5.55. The number of carboxylic acids is 1. The second-order valence-corrected chi connectivity index (χ2v) is 10.8. The van der Waals surface area contributed by atoms with Gasteiger partial charge in [-0.15, -0.1) is 0 Å². The highest BCUT2D eigenvalue weighted by Gasteiger charge is 2.39. The number of carboxylic acid groups (broad SMARTS) is 1. The van der Waals surface area contributed by atoms with Crippen LogP contribution in [0.25, 0.3) is 16.7 Å². The van der Waals surface area contributed by atoms with Gasteiger partial charge in [0.05, 0.1) is 5.69 Å². The van der Waals surface area contributed by atoms with E-state index in [-0.39, 0.29) is 5.82 Å². The molecule has 39 heavy (non-hydrogen) atoms. The number of aliphatic imine (C=N–C) groups is 1. The zero-order chi connectivity index (χ0) is 27.7. The van der Waals surface area contributed by atoms with E-state index in [0.29, 0.717) is 23.6 Å². The average Bonchev–Trinajstić information content (AvgIpc) is 3.39. The number of carbonyl (C=O) groups is 1. The van der Waals surface area contributed by atoms with Gasteiger partial charge in [-0.05, 0) is 65.8 Å². The molecule has 0 aliphatic carbocycles. The predicted molar refractivity (Wildman–Crippen MR) is 147 cm³/mol. The van der Waals surface area contributed by atoms with Gasteiger partial charge in [0.25, 0.3) is 0 Å². The number of halogens is 5. The van der Waals surface area contributed by atoms with E-state index in [4.69, 9.17) is 9.90 Å². The van der Waals surface area contributed by atoms with Gasteiger partial charge in [0.2, 0.25) is 0 Å². The SMILES string of the molecule is Fc1cc(C2=CC3CCC(C2)N3CC2C=Nc3ccc(Br)cc32)ccc1-c1ccccc1.O=C(O)C(F)(F)F. The van der Waals surface area contributed by atoms with Crippen LogP contribution in [0.4, 0.5) is 23.2 Å². The van der Waals surface area contributed by atoms with Gasteiger partial charge in [0, 0.05) is 40.8 Å². The number of rotatable bonds is 4. The molecule has 3 aromatic carbocycles. The van der Waals surface area contributed by atoms with E-state index in [9.17, 15) is 17.6 Å². The van der Waals surface area contributed by atoms with E-state index in [1.165, 1.54) is 24.0 Å². The average molecular weight is 601 g/mol. The fourth-order valence-corrected chi connectivity index (χ4v) is 5.93. The van der Waals surface area contributed by atoms with Crippen molar-refractivity contribution in [2.75, 3.05) is 6.54 Å². The van der Waals surface area contributed by atoms with Crippen molar-refractivity contribution in [3.8, 4) is 11.1 Å². The lowest BCUT2D eigenvalue weighted by atomic mass is 9.91. The van der Waals surface area contributed by atoms with Gasteiger partial charge in [-0.2, -0.15) is 13.2 Å². The number of hydrogen-bond acceptors (Lipinski definition) is 3. The lowest BCUT2D eigenvalue weighted by Crippen LogP contribution is -2.41. The molecule has 0 radical (unpaired) electrons. The standard InChI is InChI=1S/C28H24BrFN2.C2HF3O2/c29-22-7-11-28-26(15-22)21(16-31-28)17-32-23-8-9-24(32)13-20(12-23)19-6-10-25(27(30)14-19)18-4-2-1-3-5-18;3-2(4,5)1(6)7/h1-7,10-12,14-16,21,23-24H,8-9,13,17H2;(H,6,7). The van der Waals surface area contributed by atoms with Crippen LogP contribution in [0.15, 0.2) is 82.3 Å². The minimum atomic E-state index is -5.08. The molecule has 3 aliphatic rings. The molecular weight excluding hydrogens is 576 g/mol. The summed E-state index contributed by atoms with van der Waals surface area (Å²) in [6, 6.07) is 22.8. The molecule has 0 aromatic heterocycles. The number of hydrogen-bond donors (Lipinski definition) is 1. The monoisotopic (exact) mass is 600 g/mol. The number of benzene rings is 3. The molecule has 0 spiro atoms. The zero-order valence-corrected chi connectivity index (χ0v) is 22.3. The molecule has 3 aromatic rings. The summed E-state index contributed by atoms with van der Waals surface area (Å²) < 4.78 is 47.8. The van der Waals surface area contributed by atoms with Gasteiger partial charge in [-0.1, -0.05) is 64.5 Å². The van der Waals surface area contributed by atoms with Gasteiger partial charge >= 0.3 is 12.1 Å². The van der Waals surface area contributed by atoms with E-state index in [2.05, 4.69) is 62.4 Å². The summed E-state index contributed by atoms with van der Waals surface area (Å²) in [6.45, 7) is 0.993. The highest BCUT2D eigenvalue weighted by Crippen LogP contribution is 2.42. The first-order chi connectivity index (χ1) is 18.6. The maximum atomic E-state index is 15.0. The quantitative estimate of drug-likeness (QED) is 0.309. The molecule has 202 valence electrons. The first-order valence-electron chi connectivity index (χ1n) is 12.6. The Morgan fingerprint density at radius 3 is 2.44 bits per heavy atom. The smallest absolute Gasteiger partial charge is 0.475 e. The first-order valence-corrected chi connectivity index (χ1v) is 13.3. The summed E-state index contributed by atoms with van der Waals surface area (Å²) in [4.78, 5) is 16.2. The van der Waals surface area contributed by atoms with E-state index < -0.39 is 12.1 Å². The molecule has 1 N–H and O–H groups in total. The van der Waals surface area contributed by atoms with E-state index in [0.717, 1.165) is 34.3 Å². The van der Waals surface area contributed by atoms with Gasteiger partial charge in [0.15, 0.2) is 0 Å². The van der Waals surface area contributed by atoms with Crippen molar-refractivity contribution < 1.29 is 27.5 Å². The Morgan fingerprint density at radius 1 is 1.03 bits per heavy atom. The molecular formula is C30H25BrF4N2O2. The molecule has 6 rings (SSSR count). The molecule has 9 heteroatoms. The third kappa shape index (κ3) is 5.99. The molecule has 3 unspecified atom stereocenters. The number of aliphatic carboxylic acids is 1. The van der Waals surface area contributed by atoms with Crippen molar-refractivity contribution in [3.63, 3.8) is 0 Å². The molecule has 0 amide bonds. The largest absolute Gasteiger partial charge is 0.490 e. The Kier molecular flexibility index (Phi) is 7.73. The van der Waals surface area contributed by atoms with Crippen LogP contribution in [0.3, 0.4) is 0 Å². The van der Waals surface area contributed by atoms with Crippen LogP contribution in [-0.4, -0.2) is 47.0 Å². The third-order valence-electron chi connectivity index (χ3n) is 7.40. The highest BCUT2D eigenvalue weighted by molar-refractivity contribution is 9.10. The predicted octanol–water partition coefficient (Wildman–Crippen LogP) is 8.01. The highest BCUT2D eigenvalue weighted by atomic mass is 79.9. The lowest BCUT2D eigenvalue weighted by Gasteiger charge is -2.35. The molecule has 3 aliphatic heterocycles. The van der Waals surface area contributed by atoms with Crippen molar-refractivity contribution in [1.29, 1.82) is 0 Å². The lowest BCUT2D eigenvalue weighted by molar-refractivity contribution is -0.192. The van der Waals surface area contributed by atoms with Gasteiger partial charge in [-0.25, -0.2) is 9.18 Å². The summed E-state index contributed by atoms with van der Waals surface area (Å²) in [5.74, 6) is -2.57. The first kappa shape index (κ1) is 27.3. The molecule has 3 heterocycles. The number of nitrogens with zero attached hydrogens (tertiary/aromatic N) is 2. The van der Waals surface area contributed by atoms with E-state index in [1.54, 1.807) is 6.07 Å². The van der Waals surface area contributed by atoms with Crippen LogP contribution in [-0.2, 0) is 4.79 Å². The summed E-state index contributed by atoms with van der Waals surface area (Å²) in [6.07, 6.45) is 2.76. The van der Waals surface area contributed by atoms with Crippen LogP contribution in [0, 0.1) is 5.82 Å². The minimum absolute atomic E-state index is 0.145. The Hall–Kier alpha value is -3.30. The second-order valence-electron chi connectivity index (χ2n) is 9.84. The van der Waals surface area contributed by atoms with E-state index >= 15 is 0 Å². The van der Waals surface area contributed by atoms with E-state index in [1.807, 2.05) is 36.4 Å². The van der Waals surface area contributed by atoms with Gasteiger partial charge in [0.1, 0.15) is 5.82 Å². The summed E-state index contributed by atoms with van der Waals surface area (Å²) in [5, 5.41) is 7.12. The zero-order valence-electron chi connectivity index (χ0n) is 20.7. The summed E-state index contributed by atoms with van der Waals surface area (Å²) in [7, 11) is 0. The van der Waals surface area contributed by atoms with Crippen molar-refractivity contribution in [3.05, 3.63) is 94.2 Å². The van der Waals surface area contributed by atoms with Crippen molar-refractivity contribution >= 4 is 39.4 Å². The van der Waals surface area contributed by atoms with Crippen LogP contribution in [0.5, 0.6) is 0 Å². The van der Waals surface area contributed by atoms with Crippen LogP contribution in [0.1, 0.15) is 36.3 Å². The topological polar surface area (TPSA) is 52.9 Å². The minimum Gasteiger partial charge on any atom is -0.475 e. The third-order valence-corrected chi connectivity index (χ3v) is 7.89. The summed E-state index contributed by atoms with van der Waals surface area (Å²) in [5.41, 5.74) is 6.30. The number of fused-ring (bicyclic) bond motifs is 3. The Bertz CT molecular complexity index is 1440. The molecule has 1 fully saturated rings. The molecule has 2 bridgehead atoms. The molecule has 0 saturated carbocycles. The number of alkyl halides is 3. The Balaban J connectivity index is 0.000000392. The van der Waals surface area contributed by atoms with Crippen LogP contribution >= 0.6 is 15.9 Å². The molecule has 4 nitrogen and oxygen atoms in total. The normalized spacial score (nSPS) is 21.7. The van der Waals surface area contributed by atoms with Crippen molar-refractivity contribution in [1.82, 2.24) is 4.90 Å². The Labute approximate surface area is 231 Å². The molecule has 1 saturated heterocycles. The van der Waals surface area contributed by atoms with Gasteiger partial charge in [-0.3, -0.25) is 9.89 Å². The summed E-state index contributed by atoms with van der Waals surface area (Å²) >= 11 is 3.60. The second kappa shape index (κ2) is 11.1. The maximum Gasteiger partial charge on any atom is 0.490 e. The fraction of sp³-hybridized carbons (Fsp3) is 0.267. The molecule has 3 atom stereocenters. The van der Waals surface area contributed by atoms with Crippen molar-refractivity contribution in [2.24, 2.45) is 4.99 Å². The van der Waals surface area contributed by atoms with Crippen LogP contribution < -0.4 is 0 Å². The van der Waals surface area contributed by atoms with Crippen molar-refractivity contribution in [2.45, 2.75) is 43.4 Å². The van der Waals surface area contributed by atoms with Crippen LogP contribution in [0.2, 0.25) is 0 Å². The Morgan fingerprint density at radius 2 is 1.77 bits per heavy atom. The van der Waals surface area contributed by atoms with Gasteiger partial charge < -0.3 is 5.11 Å².